The van der Waals surface area contributed by atoms with Gasteiger partial charge in [0.25, 0.3) is 0 Å². The first-order chi connectivity index (χ1) is 3.39. The van der Waals surface area contributed by atoms with Crippen molar-refractivity contribution in [3.63, 3.8) is 0 Å². The molecule has 0 aromatic heterocycles. The Bertz CT molecular complexity index is 80.1. The topological polar surface area (TPSA) is 3.24 Å². The van der Waals surface area contributed by atoms with Crippen molar-refractivity contribution in [1.82, 2.24) is 4.31 Å². The van der Waals surface area contributed by atoms with Crippen molar-refractivity contribution in [1.29, 1.82) is 0 Å². The fraction of sp³-hybridized carbons (Fsp3) is 0.600. The van der Waals surface area contributed by atoms with Crippen LogP contribution < -0.4 is 0 Å². The molecule has 1 rings (SSSR count). The first kappa shape index (κ1) is 5.04. The highest BCUT2D eigenvalue weighted by Crippen LogP contribution is 2.13. The van der Waals surface area contributed by atoms with Crippen LogP contribution in [0.25, 0.3) is 0 Å². The van der Waals surface area contributed by atoms with E-state index in [1.807, 2.05) is 11.9 Å². The minimum Gasteiger partial charge on any atom is -0.327 e. The standard InChI is InChI=1S/C5H9NS/c1-6-4-2-3-5-7-6/h2,4H,3,5H2,1H3. The van der Waals surface area contributed by atoms with E-state index in [1.54, 1.807) is 0 Å². The molecule has 0 N–H and O–H groups in total. The lowest BCUT2D eigenvalue weighted by Gasteiger charge is -2.14. The van der Waals surface area contributed by atoms with Crippen molar-refractivity contribution in [2.45, 2.75) is 6.42 Å². The third-order valence-corrected chi connectivity index (χ3v) is 1.84. The summed E-state index contributed by atoms with van der Waals surface area (Å²) in [5.74, 6) is 1.24. The summed E-state index contributed by atoms with van der Waals surface area (Å²) in [7, 11) is 2.07. The SMILES string of the molecule is CN1C=CCCS1. The molecule has 0 aliphatic carbocycles. The van der Waals surface area contributed by atoms with Crippen molar-refractivity contribution in [2.24, 2.45) is 0 Å². The molecule has 1 aliphatic rings. The van der Waals surface area contributed by atoms with Crippen LogP contribution in [0.15, 0.2) is 12.3 Å². The van der Waals surface area contributed by atoms with Crippen molar-refractivity contribution in [2.75, 3.05) is 12.8 Å². The molecule has 0 unspecified atom stereocenters. The maximum atomic E-state index is 2.19. The summed E-state index contributed by atoms with van der Waals surface area (Å²) in [6, 6.07) is 0. The Morgan fingerprint density at radius 1 is 1.71 bits per heavy atom. The summed E-state index contributed by atoms with van der Waals surface area (Å²) >= 11 is 1.86. The maximum Gasteiger partial charge on any atom is 0.0176 e. The molecule has 0 radical (unpaired) electrons. The third kappa shape index (κ3) is 1.43. The van der Waals surface area contributed by atoms with Crippen LogP contribution in [0.4, 0.5) is 0 Å². The predicted octanol–water partition coefficient (Wildman–Crippen LogP) is 1.48. The lowest BCUT2D eigenvalue weighted by molar-refractivity contribution is 0.755. The van der Waals surface area contributed by atoms with E-state index in [2.05, 4.69) is 23.6 Å². The molecule has 0 saturated carbocycles. The first-order valence-corrected chi connectivity index (χ1v) is 3.36. The second kappa shape index (κ2) is 2.26. The van der Waals surface area contributed by atoms with Gasteiger partial charge in [-0.25, -0.2) is 0 Å². The van der Waals surface area contributed by atoms with Crippen LogP contribution in [0.2, 0.25) is 0 Å². The van der Waals surface area contributed by atoms with Gasteiger partial charge in [-0.3, -0.25) is 0 Å². The van der Waals surface area contributed by atoms with Gasteiger partial charge < -0.3 is 4.31 Å². The van der Waals surface area contributed by atoms with Gasteiger partial charge >= 0.3 is 0 Å². The number of hydrogen-bond donors (Lipinski definition) is 0. The fourth-order valence-corrected chi connectivity index (χ4v) is 1.23. The molecule has 0 saturated heterocycles. The zero-order chi connectivity index (χ0) is 5.11. The lowest BCUT2D eigenvalue weighted by atomic mass is 10.5. The highest BCUT2D eigenvalue weighted by Gasteiger charge is 1.94. The molecular weight excluding hydrogens is 106 g/mol. The van der Waals surface area contributed by atoms with Crippen LogP contribution in [-0.2, 0) is 0 Å². The van der Waals surface area contributed by atoms with Gasteiger partial charge in [-0.2, -0.15) is 0 Å². The van der Waals surface area contributed by atoms with Gasteiger partial charge in [-0.1, -0.05) is 18.0 Å². The first-order valence-electron chi connectivity index (χ1n) is 2.42. The number of hydrogen-bond acceptors (Lipinski definition) is 2. The van der Waals surface area contributed by atoms with Crippen LogP contribution in [0.5, 0.6) is 0 Å². The molecule has 0 bridgehead atoms. The zero-order valence-electron chi connectivity index (χ0n) is 4.42. The number of rotatable bonds is 0. The Morgan fingerprint density at radius 3 is 2.86 bits per heavy atom. The van der Waals surface area contributed by atoms with Crippen LogP contribution in [0.1, 0.15) is 6.42 Å². The lowest BCUT2D eigenvalue weighted by Crippen LogP contribution is -2.03. The number of nitrogens with zero attached hydrogens (tertiary/aromatic N) is 1. The van der Waals surface area contributed by atoms with Gasteiger partial charge in [-0.05, 0) is 6.42 Å². The Morgan fingerprint density at radius 2 is 2.57 bits per heavy atom. The molecule has 40 valence electrons. The molecule has 1 heterocycles. The Balaban J connectivity index is 2.36. The van der Waals surface area contributed by atoms with E-state index in [-0.39, 0.29) is 0 Å². The third-order valence-electron chi connectivity index (χ3n) is 0.895. The van der Waals surface area contributed by atoms with Crippen molar-refractivity contribution in [3.8, 4) is 0 Å². The maximum absolute atomic E-state index is 2.19. The molecule has 1 aliphatic heterocycles. The molecule has 1 nitrogen and oxygen atoms in total. The fourth-order valence-electron chi connectivity index (χ4n) is 0.531. The summed E-state index contributed by atoms with van der Waals surface area (Å²) < 4.78 is 2.13. The summed E-state index contributed by atoms with van der Waals surface area (Å²) in [5.41, 5.74) is 0. The average molecular weight is 115 g/mol. The molecule has 7 heavy (non-hydrogen) atoms. The minimum atomic E-state index is 1.23. The molecule has 2 heteroatoms. The van der Waals surface area contributed by atoms with Crippen molar-refractivity contribution in [3.05, 3.63) is 12.3 Å². The molecule has 0 aromatic carbocycles. The molecule has 0 fully saturated rings. The molecule has 0 spiro atoms. The summed E-state index contributed by atoms with van der Waals surface area (Å²) in [6.45, 7) is 0. The second-order valence-corrected chi connectivity index (χ2v) is 2.80. The average Bonchev–Trinajstić information content (AvgIpc) is 1.69. The molecule has 0 aromatic rings. The minimum absolute atomic E-state index is 1.23. The Kier molecular flexibility index (Phi) is 1.63. The van der Waals surface area contributed by atoms with Gasteiger partial charge in [0.2, 0.25) is 0 Å². The van der Waals surface area contributed by atoms with Crippen LogP contribution in [-0.4, -0.2) is 17.1 Å². The van der Waals surface area contributed by atoms with Crippen LogP contribution >= 0.6 is 11.9 Å². The van der Waals surface area contributed by atoms with E-state index < -0.39 is 0 Å². The summed E-state index contributed by atoms with van der Waals surface area (Å²) in [4.78, 5) is 0. The number of allylic oxidation sites excluding steroid dienone is 1. The summed E-state index contributed by atoms with van der Waals surface area (Å²) in [5, 5.41) is 0. The molecule has 0 amide bonds. The predicted molar refractivity (Wildman–Crippen MR) is 34.0 cm³/mol. The van der Waals surface area contributed by atoms with E-state index in [9.17, 15) is 0 Å². The zero-order valence-corrected chi connectivity index (χ0v) is 5.24. The van der Waals surface area contributed by atoms with Crippen LogP contribution in [0, 0.1) is 0 Å². The molecular formula is C5H9NS. The quantitative estimate of drug-likeness (QED) is 0.440. The smallest absolute Gasteiger partial charge is 0.0176 e. The Hall–Kier alpha value is -0.110. The van der Waals surface area contributed by atoms with Gasteiger partial charge in [0.15, 0.2) is 0 Å². The van der Waals surface area contributed by atoms with E-state index in [0.29, 0.717) is 0 Å². The van der Waals surface area contributed by atoms with Gasteiger partial charge in [-0.15, -0.1) is 0 Å². The summed E-state index contributed by atoms with van der Waals surface area (Å²) in [6.07, 6.45) is 5.53. The van der Waals surface area contributed by atoms with Crippen molar-refractivity contribution >= 4 is 11.9 Å². The largest absolute Gasteiger partial charge is 0.327 e. The van der Waals surface area contributed by atoms with Crippen molar-refractivity contribution < 1.29 is 0 Å². The monoisotopic (exact) mass is 115 g/mol. The second-order valence-electron chi connectivity index (χ2n) is 1.55. The Labute approximate surface area is 48.5 Å². The highest BCUT2D eigenvalue weighted by molar-refractivity contribution is 7.97. The highest BCUT2D eigenvalue weighted by atomic mass is 32.2. The van der Waals surface area contributed by atoms with Gasteiger partial charge in [0, 0.05) is 19.0 Å². The van der Waals surface area contributed by atoms with E-state index in [4.69, 9.17) is 0 Å². The van der Waals surface area contributed by atoms with Gasteiger partial charge in [0.05, 0.1) is 0 Å². The van der Waals surface area contributed by atoms with E-state index >= 15 is 0 Å². The van der Waals surface area contributed by atoms with E-state index in [0.717, 1.165) is 0 Å². The van der Waals surface area contributed by atoms with E-state index in [1.165, 1.54) is 12.2 Å². The normalized spacial score (nSPS) is 20.4. The van der Waals surface area contributed by atoms with Crippen LogP contribution in [0.3, 0.4) is 0 Å². The van der Waals surface area contributed by atoms with Gasteiger partial charge in [0.1, 0.15) is 0 Å². The molecule has 0 atom stereocenters.